The monoisotopic (exact) mass is 1280 g/mol. The van der Waals surface area contributed by atoms with Crippen molar-refractivity contribution in [2.24, 2.45) is 0 Å². The van der Waals surface area contributed by atoms with Gasteiger partial charge in [-0.1, -0.05) is 436 Å². The maximum absolute atomic E-state index is 12.5. The number of nitrogens with one attached hydrogen (secondary N) is 1. The Hall–Kier alpha value is -1.66. The third-order valence-electron chi connectivity index (χ3n) is 20.0. The summed E-state index contributed by atoms with van der Waals surface area (Å²) >= 11 is 0. The second-order valence-electron chi connectivity index (χ2n) is 29.2. The molecular formula is C85H165NO5. The van der Waals surface area contributed by atoms with Gasteiger partial charge in [0.25, 0.3) is 0 Å². The summed E-state index contributed by atoms with van der Waals surface area (Å²) in [5, 5.41) is 23.3. The molecule has 6 nitrogen and oxygen atoms in total. The molecule has 0 saturated heterocycles. The second kappa shape index (κ2) is 80.8. The van der Waals surface area contributed by atoms with Crippen LogP contribution in [0.3, 0.4) is 0 Å². The molecule has 0 rings (SSSR count). The lowest BCUT2D eigenvalue weighted by Gasteiger charge is -2.20. The Labute approximate surface area is 571 Å². The van der Waals surface area contributed by atoms with Crippen LogP contribution in [0, 0.1) is 0 Å². The number of hydrogen-bond donors (Lipinski definition) is 3. The Bertz CT molecular complexity index is 1430. The number of aliphatic hydroxyl groups is 2. The van der Waals surface area contributed by atoms with Crippen LogP contribution in [-0.4, -0.2) is 47.4 Å². The zero-order chi connectivity index (χ0) is 65.6. The average molecular weight is 1280 g/mol. The molecule has 2 atom stereocenters. The van der Waals surface area contributed by atoms with Crippen molar-refractivity contribution in [1.82, 2.24) is 5.32 Å². The van der Waals surface area contributed by atoms with Gasteiger partial charge in [0.1, 0.15) is 0 Å². The number of carbonyl (C=O) groups is 2. The number of hydrogen-bond acceptors (Lipinski definition) is 5. The maximum Gasteiger partial charge on any atom is 0.305 e. The van der Waals surface area contributed by atoms with Gasteiger partial charge in [-0.25, -0.2) is 0 Å². The minimum Gasteiger partial charge on any atom is -0.466 e. The molecule has 1 amide bonds. The van der Waals surface area contributed by atoms with E-state index in [1.165, 1.54) is 417 Å². The Kier molecular flexibility index (Phi) is 79.3. The summed E-state index contributed by atoms with van der Waals surface area (Å²) in [6.07, 6.45) is 105. The van der Waals surface area contributed by atoms with E-state index in [9.17, 15) is 19.8 Å². The van der Waals surface area contributed by atoms with Crippen LogP contribution in [0.25, 0.3) is 0 Å². The highest BCUT2D eigenvalue weighted by atomic mass is 16.5. The first-order chi connectivity index (χ1) is 45.0. The van der Waals surface area contributed by atoms with E-state index < -0.39 is 12.1 Å². The minimum atomic E-state index is -0.842. The third-order valence-corrected chi connectivity index (χ3v) is 20.0. The Morgan fingerprint density at radius 2 is 0.516 bits per heavy atom. The van der Waals surface area contributed by atoms with Crippen molar-refractivity contribution in [2.75, 3.05) is 13.2 Å². The fourth-order valence-electron chi connectivity index (χ4n) is 13.6. The van der Waals surface area contributed by atoms with Crippen molar-refractivity contribution >= 4 is 11.9 Å². The van der Waals surface area contributed by atoms with Crippen molar-refractivity contribution in [3.63, 3.8) is 0 Å². The minimum absolute atomic E-state index is 0.0264. The van der Waals surface area contributed by atoms with Crippen LogP contribution < -0.4 is 5.32 Å². The van der Waals surface area contributed by atoms with Gasteiger partial charge in [0.15, 0.2) is 0 Å². The fourth-order valence-corrected chi connectivity index (χ4v) is 13.6. The number of aliphatic hydroxyl groups excluding tert-OH is 2. The molecule has 0 bridgehead atoms. The average Bonchev–Trinajstić information content (AvgIpc) is 3.64. The van der Waals surface area contributed by atoms with E-state index >= 15 is 0 Å². The summed E-state index contributed by atoms with van der Waals surface area (Å²) < 4.78 is 5.52. The standard InChI is InChI=1S/C85H165NO5/c1-3-5-7-9-11-13-15-17-19-21-22-42-46-49-53-57-61-65-69-73-77-83(88)82(81-87)86-84(89)78-74-70-66-62-58-54-50-47-43-40-38-36-34-32-30-28-26-24-23-25-27-29-31-33-35-37-39-41-44-48-52-56-60-64-68-72-76-80-91-85(90)79-75-71-67-63-59-55-51-45-20-18-16-14-12-10-8-6-4-2/h23,25,73,77,82-83,87-88H,3-22,24,26-72,74-76,78-81H2,1-2H3,(H,86,89)/b25-23-,77-73+. The molecule has 540 valence electrons. The zero-order valence-electron chi connectivity index (χ0n) is 62.1. The van der Waals surface area contributed by atoms with Crippen molar-refractivity contribution in [1.29, 1.82) is 0 Å². The van der Waals surface area contributed by atoms with E-state index in [0.29, 0.717) is 19.4 Å². The van der Waals surface area contributed by atoms with E-state index in [-0.39, 0.29) is 18.5 Å². The van der Waals surface area contributed by atoms with Crippen LogP contribution in [0.4, 0.5) is 0 Å². The highest BCUT2D eigenvalue weighted by Crippen LogP contribution is 2.20. The lowest BCUT2D eigenvalue weighted by molar-refractivity contribution is -0.143. The summed E-state index contributed by atoms with van der Waals surface area (Å²) in [5.41, 5.74) is 0. The first-order valence-electron chi connectivity index (χ1n) is 42.1. The third kappa shape index (κ3) is 77.2. The summed E-state index contributed by atoms with van der Waals surface area (Å²) in [6, 6.07) is -0.626. The molecule has 0 heterocycles. The van der Waals surface area contributed by atoms with Gasteiger partial charge in [-0.3, -0.25) is 9.59 Å². The highest BCUT2D eigenvalue weighted by Gasteiger charge is 2.18. The van der Waals surface area contributed by atoms with Crippen LogP contribution in [0.15, 0.2) is 24.3 Å². The van der Waals surface area contributed by atoms with Gasteiger partial charge in [0.05, 0.1) is 25.4 Å². The van der Waals surface area contributed by atoms with Gasteiger partial charge in [-0.2, -0.15) is 0 Å². The van der Waals surface area contributed by atoms with Crippen LogP contribution in [0.2, 0.25) is 0 Å². The predicted octanol–water partition coefficient (Wildman–Crippen LogP) is 28.0. The molecule has 0 aromatic carbocycles. The molecule has 0 saturated carbocycles. The molecule has 0 aliphatic carbocycles. The van der Waals surface area contributed by atoms with Crippen LogP contribution in [-0.2, 0) is 14.3 Å². The Morgan fingerprint density at radius 1 is 0.297 bits per heavy atom. The molecule has 3 N–H and O–H groups in total. The summed E-state index contributed by atoms with van der Waals surface area (Å²) in [4.78, 5) is 24.7. The van der Waals surface area contributed by atoms with E-state index in [0.717, 1.165) is 38.5 Å². The molecule has 2 unspecified atom stereocenters. The van der Waals surface area contributed by atoms with Crippen LogP contribution >= 0.6 is 0 Å². The predicted molar refractivity (Wildman–Crippen MR) is 403 cm³/mol. The fraction of sp³-hybridized carbons (Fsp3) is 0.929. The second-order valence-corrected chi connectivity index (χ2v) is 29.2. The molecule has 0 radical (unpaired) electrons. The van der Waals surface area contributed by atoms with E-state index in [4.69, 9.17) is 4.74 Å². The number of esters is 1. The van der Waals surface area contributed by atoms with Crippen molar-refractivity contribution < 1.29 is 24.5 Å². The van der Waals surface area contributed by atoms with Crippen LogP contribution in [0.1, 0.15) is 483 Å². The topological polar surface area (TPSA) is 95.9 Å². The number of rotatable bonds is 80. The molecule has 0 fully saturated rings. The summed E-state index contributed by atoms with van der Waals surface area (Å²) in [5.74, 6) is -0.0327. The maximum atomic E-state index is 12.5. The number of allylic oxidation sites excluding steroid dienone is 3. The lowest BCUT2D eigenvalue weighted by atomic mass is 10.0. The summed E-state index contributed by atoms with van der Waals surface area (Å²) in [7, 11) is 0. The number of ether oxygens (including phenoxy) is 1. The van der Waals surface area contributed by atoms with Gasteiger partial charge in [0, 0.05) is 12.8 Å². The molecule has 6 heteroatoms. The highest BCUT2D eigenvalue weighted by molar-refractivity contribution is 5.76. The Morgan fingerprint density at radius 3 is 0.780 bits per heavy atom. The molecule has 91 heavy (non-hydrogen) atoms. The van der Waals surface area contributed by atoms with Crippen molar-refractivity contribution in [2.45, 2.75) is 495 Å². The quantitative estimate of drug-likeness (QED) is 0.0320. The number of amides is 1. The van der Waals surface area contributed by atoms with Gasteiger partial charge >= 0.3 is 5.97 Å². The van der Waals surface area contributed by atoms with Gasteiger partial charge in [0.2, 0.25) is 5.91 Å². The Balaban J connectivity index is 3.34. The van der Waals surface area contributed by atoms with E-state index in [1.54, 1.807) is 6.08 Å². The van der Waals surface area contributed by atoms with Gasteiger partial charge in [-0.15, -0.1) is 0 Å². The molecule has 0 aromatic heterocycles. The van der Waals surface area contributed by atoms with E-state index in [2.05, 4.69) is 31.3 Å². The molecule has 0 spiro atoms. The molecule has 0 aliphatic heterocycles. The summed E-state index contributed by atoms with van der Waals surface area (Å²) in [6.45, 7) is 4.97. The van der Waals surface area contributed by atoms with Crippen LogP contribution in [0.5, 0.6) is 0 Å². The number of carbonyl (C=O) groups excluding carboxylic acids is 2. The smallest absolute Gasteiger partial charge is 0.305 e. The first-order valence-corrected chi connectivity index (χ1v) is 42.1. The zero-order valence-corrected chi connectivity index (χ0v) is 62.1. The van der Waals surface area contributed by atoms with Crippen molar-refractivity contribution in [3.05, 3.63) is 24.3 Å². The molecule has 0 aliphatic rings. The molecule has 0 aromatic rings. The van der Waals surface area contributed by atoms with Gasteiger partial charge < -0.3 is 20.3 Å². The number of unbranched alkanes of at least 4 members (excludes halogenated alkanes) is 67. The largest absolute Gasteiger partial charge is 0.466 e. The SMILES string of the molecule is CCCCCCCCCCCCCCCCCCCC/C=C/C(O)C(CO)NC(=O)CCCCCCCCCCCCCCCCCCC/C=C\CCCCCCCCCCCCCCCCCCOC(=O)CCCCCCCCCCCCCCCCCCC. The molecular weight excluding hydrogens is 1110 g/mol. The van der Waals surface area contributed by atoms with Gasteiger partial charge in [-0.05, 0) is 57.8 Å². The normalized spacial score (nSPS) is 12.5. The lowest BCUT2D eigenvalue weighted by Crippen LogP contribution is -2.45. The van der Waals surface area contributed by atoms with E-state index in [1.807, 2.05) is 6.08 Å². The van der Waals surface area contributed by atoms with Crippen molar-refractivity contribution in [3.8, 4) is 0 Å². The first kappa shape index (κ1) is 89.3.